The maximum atomic E-state index is 12.2. The number of carbonyl (C=O) groups excluding carboxylic acids is 1. The minimum Gasteiger partial charge on any atom is -0.360 e. The molecule has 1 aromatic heterocycles. The summed E-state index contributed by atoms with van der Waals surface area (Å²) in [4.78, 5) is 12.2. The molecule has 0 saturated heterocycles. The molecule has 3 rings (SSSR count). The van der Waals surface area contributed by atoms with Gasteiger partial charge in [0.05, 0.1) is 0 Å². The number of rotatable bonds is 5. The lowest BCUT2D eigenvalue weighted by molar-refractivity contribution is -0.119. The maximum Gasteiger partial charge on any atom is 0.227 e. The number of hydrogen-bond acceptors (Lipinski definition) is 6. The van der Waals surface area contributed by atoms with Crippen molar-refractivity contribution in [1.82, 2.24) is 20.6 Å². The van der Waals surface area contributed by atoms with E-state index in [1.165, 1.54) is 6.20 Å². The molecule has 1 heterocycles. The number of carbonyl (C=O) groups is 1. The predicted molar refractivity (Wildman–Crippen MR) is 93.2 cm³/mol. The van der Waals surface area contributed by atoms with Gasteiger partial charge in [0.15, 0.2) is 0 Å². The molecule has 2 aromatic rings. The summed E-state index contributed by atoms with van der Waals surface area (Å²) in [6.07, 6.45) is 5.74. The molecule has 1 aliphatic rings. The second-order valence-electron chi connectivity index (χ2n) is 6.05. The Morgan fingerprint density at radius 2 is 2.20 bits per heavy atom. The van der Waals surface area contributed by atoms with Crippen molar-refractivity contribution in [3.05, 3.63) is 35.8 Å². The van der Waals surface area contributed by atoms with E-state index in [0.717, 1.165) is 42.6 Å². The minimum atomic E-state index is 0.102. The van der Waals surface area contributed by atoms with Gasteiger partial charge in [-0.2, -0.15) is 10.5 Å². The van der Waals surface area contributed by atoms with Crippen LogP contribution in [0.15, 0.2) is 24.4 Å². The van der Waals surface area contributed by atoms with E-state index in [-0.39, 0.29) is 23.2 Å². The summed E-state index contributed by atoms with van der Waals surface area (Å²) in [5.74, 6) is 0.463. The molecule has 3 N–H and O–H groups in total. The van der Waals surface area contributed by atoms with Gasteiger partial charge in [0, 0.05) is 23.5 Å². The van der Waals surface area contributed by atoms with Crippen molar-refractivity contribution in [2.45, 2.75) is 32.6 Å². The zero-order valence-corrected chi connectivity index (χ0v) is 13.9. The topological polar surface area (TPSA) is 119 Å². The molecule has 1 amide bonds. The van der Waals surface area contributed by atoms with Gasteiger partial charge in [0.2, 0.25) is 11.7 Å². The number of amides is 1. The third kappa shape index (κ3) is 4.01. The third-order valence-corrected chi connectivity index (χ3v) is 4.30. The Balaban J connectivity index is 1.67. The van der Waals surface area contributed by atoms with Crippen LogP contribution >= 0.6 is 0 Å². The number of aryl methyl sites for hydroxylation is 1. The number of nitrogens with zero attached hydrogens (tertiary/aromatic N) is 4. The van der Waals surface area contributed by atoms with E-state index in [4.69, 9.17) is 5.26 Å². The van der Waals surface area contributed by atoms with E-state index in [2.05, 4.69) is 31.3 Å². The van der Waals surface area contributed by atoms with Crippen LogP contribution in [0.3, 0.4) is 0 Å². The van der Waals surface area contributed by atoms with Crippen molar-refractivity contribution >= 4 is 22.9 Å². The molecule has 0 spiro atoms. The monoisotopic (exact) mass is 337 g/mol. The van der Waals surface area contributed by atoms with E-state index in [9.17, 15) is 4.79 Å². The molecule has 8 heteroatoms. The molecule has 1 fully saturated rings. The summed E-state index contributed by atoms with van der Waals surface area (Å²) in [6.45, 7) is 1.93. The minimum absolute atomic E-state index is 0.102. The molecule has 0 radical (unpaired) electrons. The summed E-state index contributed by atoms with van der Waals surface area (Å²) < 4.78 is 0. The van der Waals surface area contributed by atoms with Crippen LogP contribution in [0.4, 0.5) is 11.4 Å². The average Bonchev–Trinajstić information content (AvgIpc) is 3.31. The fourth-order valence-corrected chi connectivity index (χ4v) is 2.89. The first-order valence-electron chi connectivity index (χ1n) is 8.19. The van der Waals surface area contributed by atoms with Crippen molar-refractivity contribution in [1.29, 1.82) is 5.26 Å². The van der Waals surface area contributed by atoms with Gasteiger partial charge < -0.3 is 10.6 Å². The number of allylic oxidation sites excluding steroid dienone is 1. The van der Waals surface area contributed by atoms with Crippen LogP contribution < -0.4 is 10.6 Å². The molecule has 0 atom stereocenters. The zero-order chi connectivity index (χ0) is 17.6. The third-order valence-electron chi connectivity index (χ3n) is 4.30. The molecule has 128 valence electrons. The SMILES string of the molecule is Cc1cc(NC=C(C#N)c2nn[nH]n2)ccc1NC(=O)C1CCCC1. The fourth-order valence-electron chi connectivity index (χ4n) is 2.89. The molecule has 25 heavy (non-hydrogen) atoms. The summed E-state index contributed by atoms with van der Waals surface area (Å²) in [7, 11) is 0. The number of anilines is 2. The molecular formula is C17H19N7O. The molecule has 1 saturated carbocycles. The van der Waals surface area contributed by atoms with Crippen LogP contribution in [0, 0.1) is 24.2 Å². The molecule has 1 aliphatic carbocycles. The van der Waals surface area contributed by atoms with Crippen molar-refractivity contribution in [2.75, 3.05) is 10.6 Å². The molecule has 0 unspecified atom stereocenters. The molecule has 1 aromatic carbocycles. The number of nitriles is 1. The highest BCUT2D eigenvalue weighted by atomic mass is 16.1. The van der Waals surface area contributed by atoms with Gasteiger partial charge in [0.25, 0.3) is 0 Å². The van der Waals surface area contributed by atoms with Crippen LogP contribution in [0.2, 0.25) is 0 Å². The Bertz CT molecular complexity index is 814. The van der Waals surface area contributed by atoms with Crippen molar-refractivity contribution < 1.29 is 4.79 Å². The van der Waals surface area contributed by atoms with E-state index in [0.29, 0.717) is 0 Å². The lowest BCUT2D eigenvalue weighted by Crippen LogP contribution is -2.20. The van der Waals surface area contributed by atoms with Crippen LogP contribution in [0.1, 0.15) is 37.1 Å². The maximum absolute atomic E-state index is 12.2. The highest BCUT2D eigenvalue weighted by Gasteiger charge is 2.22. The Hall–Kier alpha value is -3.21. The second kappa shape index (κ2) is 7.57. The zero-order valence-electron chi connectivity index (χ0n) is 13.9. The van der Waals surface area contributed by atoms with Crippen molar-refractivity contribution in [3.8, 4) is 6.07 Å². The summed E-state index contributed by atoms with van der Waals surface area (Å²) in [5, 5.41) is 28.5. The molecule has 0 bridgehead atoms. The van der Waals surface area contributed by atoms with Crippen LogP contribution in [-0.2, 0) is 4.79 Å². The number of aromatic amines is 1. The van der Waals surface area contributed by atoms with Crippen molar-refractivity contribution in [2.24, 2.45) is 5.92 Å². The molecule has 0 aliphatic heterocycles. The van der Waals surface area contributed by atoms with E-state index in [1.807, 2.05) is 31.2 Å². The molecular weight excluding hydrogens is 318 g/mol. The quantitative estimate of drug-likeness (QED) is 0.721. The standard InChI is InChI=1S/C17H19N7O/c1-11-8-14(19-10-13(9-18)16-21-23-24-22-16)6-7-15(11)20-17(25)12-4-2-3-5-12/h6-8,10,12,19H,2-5H2,1H3,(H,20,25)(H,21,22,23,24). The number of tetrazole rings is 1. The van der Waals surface area contributed by atoms with E-state index in [1.54, 1.807) is 0 Å². The van der Waals surface area contributed by atoms with Crippen LogP contribution in [0.5, 0.6) is 0 Å². The Morgan fingerprint density at radius 3 is 2.84 bits per heavy atom. The highest BCUT2D eigenvalue weighted by molar-refractivity contribution is 5.93. The van der Waals surface area contributed by atoms with E-state index < -0.39 is 0 Å². The predicted octanol–water partition coefficient (Wildman–Crippen LogP) is 2.61. The Morgan fingerprint density at radius 1 is 1.40 bits per heavy atom. The van der Waals surface area contributed by atoms with Gasteiger partial charge in [-0.05, 0) is 48.7 Å². The fraction of sp³-hybridized carbons (Fsp3) is 0.353. The van der Waals surface area contributed by atoms with Gasteiger partial charge in [-0.3, -0.25) is 4.79 Å². The lowest BCUT2D eigenvalue weighted by Gasteiger charge is -2.13. The number of nitrogens with one attached hydrogen (secondary N) is 3. The first-order valence-corrected chi connectivity index (χ1v) is 8.19. The van der Waals surface area contributed by atoms with Crippen LogP contribution in [0.25, 0.3) is 5.57 Å². The number of hydrogen-bond donors (Lipinski definition) is 3. The van der Waals surface area contributed by atoms with Gasteiger partial charge in [-0.15, -0.1) is 10.2 Å². The van der Waals surface area contributed by atoms with Crippen molar-refractivity contribution in [3.63, 3.8) is 0 Å². The smallest absolute Gasteiger partial charge is 0.227 e. The van der Waals surface area contributed by atoms with Gasteiger partial charge in [0.1, 0.15) is 11.6 Å². The van der Waals surface area contributed by atoms with Gasteiger partial charge in [-0.25, -0.2) is 0 Å². The first kappa shape index (κ1) is 16.6. The summed E-state index contributed by atoms with van der Waals surface area (Å²) in [6, 6.07) is 7.63. The number of benzene rings is 1. The first-order chi connectivity index (χ1) is 12.2. The molecule has 8 nitrogen and oxygen atoms in total. The normalized spacial score (nSPS) is 15.0. The van der Waals surface area contributed by atoms with Gasteiger partial charge >= 0.3 is 0 Å². The highest BCUT2D eigenvalue weighted by Crippen LogP contribution is 2.27. The number of aromatic nitrogens is 4. The van der Waals surface area contributed by atoms with Gasteiger partial charge in [-0.1, -0.05) is 12.8 Å². The largest absolute Gasteiger partial charge is 0.360 e. The summed E-state index contributed by atoms with van der Waals surface area (Å²) >= 11 is 0. The average molecular weight is 337 g/mol. The van der Waals surface area contributed by atoms with E-state index >= 15 is 0 Å². The Labute approximate surface area is 145 Å². The Kier molecular flexibility index (Phi) is 5.04. The second-order valence-corrected chi connectivity index (χ2v) is 6.05. The lowest BCUT2D eigenvalue weighted by atomic mass is 10.1. The van der Waals surface area contributed by atoms with Crippen LogP contribution in [-0.4, -0.2) is 26.5 Å². The summed E-state index contributed by atoms with van der Waals surface area (Å²) in [5.41, 5.74) is 2.82. The number of H-pyrrole nitrogens is 1.